The summed E-state index contributed by atoms with van der Waals surface area (Å²) >= 11 is 3.30. The number of hydrogen-bond acceptors (Lipinski definition) is 6. The highest BCUT2D eigenvalue weighted by molar-refractivity contribution is 9.10. The highest BCUT2D eigenvalue weighted by atomic mass is 79.9. The van der Waals surface area contributed by atoms with Gasteiger partial charge in [-0.1, -0.05) is 30.8 Å². The van der Waals surface area contributed by atoms with E-state index < -0.39 is 11.4 Å². The Hall–Kier alpha value is -2.69. The first-order chi connectivity index (χ1) is 14.8. The van der Waals surface area contributed by atoms with Crippen molar-refractivity contribution in [2.24, 2.45) is 7.05 Å². The smallest absolute Gasteiger partial charge is 0.286 e. The maximum absolute atomic E-state index is 12.1. The van der Waals surface area contributed by atoms with Crippen molar-refractivity contribution < 1.29 is 18.9 Å². The van der Waals surface area contributed by atoms with E-state index in [9.17, 15) is 14.4 Å². The summed E-state index contributed by atoms with van der Waals surface area (Å²) in [7, 11) is 1.73. The largest absolute Gasteiger partial charge is 0.345 e. The molecule has 0 saturated heterocycles. The minimum absolute atomic E-state index is 0.0614. The van der Waals surface area contributed by atoms with Gasteiger partial charge < -0.3 is 14.4 Å². The van der Waals surface area contributed by atoms with E-state index in [1.165, 1.54) is 6.92 Å². The third-order valence-electron chi connectivity index (χ3n) is 5.35. The zero-order chi connectivity index (χ0) is 22.4. The molecule has 2 aromatic heterocycles. The number of halogens is 1. The van der Waals surface area contributed by atoms with Crippen molar-refractivity contribution >= 4 is 33.7 Å². The van der Waals surface area contributed by atoms with Gasteiger partial charge in [0.05, 0.1) is 0 Å². The van der Waals surface area contributed by atoms with Crippen LogP contribution in [0.4, 0.5) is 0 Å². The van der Waals surface area contributed by atoms with Gasteiger partial charge in [-0.3, -0.25) is 25.2 Å². The summed E-state index contributed by atoms with van der Waals surface area (Å²) in [6, 6.07) is 1.65. The van der Waals surface area contributed by atoms with Gasteiger partial charge in [-0.25, -0.2) is 0 Å². The van der Waals surface area contributed by atoms with Gasteiger partial charge in [-0.05, 0) is 34.8 Å². The number of carbonyl (C=O) groups excluding carboxylic acids is 3. The van der Waals surface area contributed by atoms with E-state index in [1.54, 1.807) is 23.9 Å². The Morgan fingerprint density at radius 2 is 1.90 bits per heavy atom. The summed E-state index contributed by atoms with van der Waals surface area (Å²) < 4.78 is 7.75. The predicted octanol–water partition coefficient (Wildman–Crippen LogP) is 2.25. The van der Waals surface area contributed by atoms with Crippen LogP contribution in [0.3, 0.4) is 0 Å². The average molecular weight is 495 g/mol. The predicted molar refractivity (Wildman–Crippen MR) is 115 cm³/mol. The summed E-state index contributed by atoms with van der Waals surface area (Å²) in [5.74, 6) is -0.160. The number of aryl methyl sites for hydroxylation is 2. The quantitative estimate of drug-likeness (QED) is 0.416. The molecule has 2 heterocycles. The lowest BCUT2D eigenvalue weighted by Crippen LogP contribution is -2.45. The van der Waals surface area contributed by atoms with Gasteiger partial charge in [0.15, 0.2) is 5.82 Å². The fourth-order valence-electron chi connectivity index (χ4n) is 3.85. The van der Waals surface area contributed by atoms with Crippen molar-refractivity contribution in [1.29, 1.82) is 0 Å². The van der Waals surface area contributed by atoms with Crippen molar-refractivity contribution in [2.75, 3.05) is 0 Å². The molecule has 0 aliphatic heterocycles. The molecule has 1 fully saturated rings. The number of nitrogens with zero attached hydrogens (tertiary/aromatic N) is 3. The zero-order valence-corrected chi connectivity index (χ0v) is 19.3. The van der Waals surface area contributed by atoms with Crippen LogP contribution in [0.1, 0.15) is 74.1 Å². The average Bonchev–Trinajstić information content (AvgIpc) is 3.25. The molecular weight excluding hydrogens is 468 g/mol. The number of amides is 3. The number of nitrogens with one attached hydrogen (secondary N) is 3. The van der Waals surface area contributed by atoms with Crippen molar-refractivity contribution in [2.45, 2.75) is 63.8 Å². The number of carbonyl (C=O) groups is 3. The molecule has 10 nitrogen and oxygen atoms in total. The zero-order valence-electron chi connectivity index (χ0n) is 17.7. The molecule has 3 rings (SSSR count). The molecule has 0 bridgehead atoms. The third-order valence-corrected chi connectivity index (χ3v) is 5.79. The molecule has 0 atom stereocenters. The molecule has 0 aromatic carbocycles. The van der Waals surface area contributed by atoms with Crippen LogP contribution in [0.15, 0.2) is 21.3 Å². The van der Waals surface area contributed by atoms with Crippen molar-refractivity contribution in [3.63, 3.8) is 0 Å². The summed E-state index contributed by atoms with van der Waals surface area (Å²) in [6.45, 7) is 1.49. The minimum Gasteiger partial charge on any atom is -0.345 e. The van der Waals surface area contributed by atoms with Gasteiger partial charge in [0, 0.05) is 37.5 Å². The van der Waals surface area contributed by atoms with Crippen LogP contribution >= 0.6 is 15.9 Å². The molecule has 168 valence electrons. The monoisotopic (exact) mass is 494 g/mol. The van der Waals surface area contributed by atoms with Gasteiger partial charge in [-0.15, -0.1) is 0 Å². The van der Waals surface area contributed by atoms with Gasteiger partial charge >= 0.3 is 0 Å². The summed E-state index contributed by atoms with van der Waals surface area (Å²) in [5, 5.41) is 7.13. The molecule has 3 N–H and O–H groups in total. The van der Waals surface area contributed by atoms with Crippen LogP contribution in [-0.4, -0.2) is 32.4 Å². The Bertz CT molecular complexity index is 945. The van der Waals surface area contributed by atoms with Gasteiger partial charge in [-0.2, -0.15) is 4.98 Å². The molecule has 1 aliphatic carbocycles. The van der Waals surface area contributed by atoms with Crippen LogP contribution in [-0.2, 0) is 28.6 Å². The number of hydrogen-bond donors (Lipinski definition) is 3. The lowest BCUT2D eigenvalue weighted by atomic mass is 9.89. The Morgan fingerprint density at radius 1 is 1.19 bits per heavy atom. The molecule has 0 unspecified atom stereocenters. The Morgan fingerprint density at radius 3 is 2.52 bits per heavy atom. The maximum Gasteiger partial charge on any atom is 0.286 e. The second kappa shape index (κ2) is 10.1. The Labute approximate surface area is 188 Å². The first-order valence-electron chi connectivity index (χ1n) is 10.3. The van der Waals surface area contributed by atoms with Crippen LogP contribution in [0.25, 0.3) is 0 Å². The molecule has 1 aliphatic rings. The Kier molecular flexibility index (Phi) is 7.47. The standard InChI is InChI=1S/C20H27BrN6O4/c1-13(28)23-20(9-5-3-4-6-10-20)19-22-17(31-26-19)8-7-16(29)24-25-18(30)15-11-14(21)12-27(15)2/h11-12H,3-10H2,1-2H3,(H,23,28)(H,24,29)(H,25,30). The van der Waals surface area contributed by atoms with Gasteiger partial charge in [0.2, 0.25) is 17.7 Å². The number of hydrazine groups is 1. The fraction of sp³-hybridized carbons (Fsp3) is 0.550. The molecule has 0 radical (unpaired) electrons. The molecule has 0 spiro atoms. The van der Waals surface area contributed by atoms with Crippen LogP contribution in [0.5, 0.6) is 0 Å². The topological polar surface area (TPSA) is 131 Å². The number of rotatable bonds is 6. The van der Waals surface area contributed by atoms with E-state index >= 15 is 0 Å². The van der Waals surface area contributed by atoms with Crippen LogP contribution in [0.2, 0.25) is 0 Å². The molecule has 11 heteroatoms. The number of aromatic nitrogens is 3. The second-order valence-electron chi connectivity index (χ2n) is 7.85. The summed E-state index contributed by atoms with van der Waals surface area (Å²) in [4.78, 5) is 40.5. The van der Waals surface area contributed by atoms with E-state index in [0.29, 0.717) is 17.4 Å². The van der Waals surface area contributed by atoms with Crippen molar-refractivity contribution in [1.82, 2.24) is 30.9 Å². The van der Waals surface area contributed by atoms with Gasteiger partial charge in [0.25, 0.3) is 5.91 Å². The Balaban J connectivity index is 1.55. The first-order valence-corrected chi connectivity index (χ1v) is 11.1. The second-order valence-corrected chi connectivity index (χ2v) is 8.76. The normalized spacial score (nSPS) is 15.7. The SMILES string of the molecule is CC(=O)NC1(c2noc(CCC(=O)NNC(=O)c3cc(Br)cn3C)n2)CCCCCC1. The maximum atomic E-state index is 12.1. The van der Waals surface area contributed by atoms with Crippen LogP contribution < -0.4 is 16.2 Å². The van der Waals surface area contributed by atoms with E-state index in [1.807, 2.05) is 0 Å². The first kappa shape index (κ1) is 23.0. The molecule has 1 saturated carbocycles. The van der Waals surface area contributed by atoms with Crippen LogP contribution in [0, 0.1) is 0 Å². The molecular formula is C20H27BrN6O4. The van der Waals surface area contributed by atoms with E-state index in [-0.39, 0.29) is 24.7 Å². The molecule has 2 aromatic rings. The summed E-state index contributed by atoms with van der Waals surface area (Å²) in [5.41, 5.74) is 4.55. The van der Waals surface area contributed by atoms with Crippen molar-refractivity contribution in [3.8, 4) is 0 Å². The highest BCUT2D eigenvalue weighted by Crippen LogP contribution is 2.34. The van der Waals surface area contributed by atoms with Crippen molar-refractivity contribution in [3.05, 3.63) is 34.1 Å². The minimum atomic E-state index is -0.621. The third kappa shape index (κ3) is 5.93. The van der Waals surface area contributed by atoms with E-state index in [4.69, 9.17) is 4.52 Å². The molecule has 3 amide bonds. The summed E-state index contributed by atoms with van der Waals surface area (Å²) in [6.07, 6.45) is 7.71. The highest BCUT2D eigenvalue weighted by Gasteiger charge is 2.38. The van der Waals surface area contributed by atoms with E-state index in [0.717, 1.165) is 43.0 Å². The lowest BCUT2D eigenvalue weighted by molar-refractivity contribution is -0.122. The van der Waals surface area contributed by atoms with E-state index in [2.05, 4.69) is 42.2 Å². The van der Waals surface area contributed by atoms with Gasteiger partial charge in [0.1, 0.15) is 11.2 Å². The fourth-order valence-corrected chi connectivity index (χ4v) is 4.37. The molecule has 31 heavy (non-hydrogen) atoms. The lowest BCUT2D eigenvalue weighted by Gasteiger charge is -2.30.